The number of nitrogens with zero attached hydrogens (tertiary/aromatic N) is 4. The minimum absolute atomic E-state index is 0. The Hall–Kier alpha value is -0.830. The molecule has 0 bridgehead atoms. The first-order chi connectivity index (χ1) is 10.8. The highest BCUT2D eigenvalue weighted by atomic mass is 127. The van der Waals surface area contributed by atoms with Gasteiger partial charge in [-0.2, -0.15) is 0 Å². The van der Waals surface area contributed by atoms with Gasteiger partial charge in [-0.1, -0.05) is 0 Å². The van der Waals surface area contributed by atoms with Gasteiger partial charge in [-0.3, -0.25) is 4.99 Å². The Labute approximate surface area is 155 Å². The van der Waals surface area contributed by atoms with Gasteiger partial charge in [-0.15, -0.1) is 24.0 Å². The molecule has 0 aromatic carbocycles. The molecule has 1 fully saturated rings. The second-order valence-corrected chi connectivity index (χ2v) is 6.31. The molecular formula is C16H28IN5O. The van der Waals surface area contributed by atoms with Crippen LogP contribution in [0.15, 0.2) is 11.2 Å². The molecule has 0 aliphatic carbocycles. The van der Waals surface area contributed by atoms with Crippen molar-refractivity contribution in [3.63, 3.8) is 0 Å². The van der Waals surface area contributed by atoms with E-state index < -0.39 is 0 Å². The molecule has 130 valence electrons. The SMILES string of the molecule is CN=C(NCc1cn2c(n1)CCCC2)N(C)CC1CCOC1.I. The van der Waals surface area contributed by atoms with Crippen molar-refractivity contribution in [2.24, 2.45) is 10.9 Å². The molecular weight excluding hydrogens is 405 g/mol. The van der Waals surface area contributed by atoms with Gasteiger partial charge in [0.05, 0.1) is 18.8 Å². The van der Waals surface area contributed by atoms with Crippen LogP contribution >= 0.6 is 24.0 Å². The smallest absolute Gasteiger partial charge is 0.193 e. The lowest BCUT2D eigenvalue weighted by Gasteiger charge is -2.24. The third kappa shape index (κ3) is 4.82. The Morgan fingerprint density at radius 1 is 1.52 bits per heavy atom. The van der Waals surface area contributed by atoms with E-state index in [-0.39, 0.29) is 24.0 Å². The number of ether oxygens (including phenoxy) is 1. The summed E-state index contributed by atoms with van der Waals surface area (Å²) in [7, 11) is 3.92. The van der Waals surface area contributed by atoms with Crippen molar-refractivity contribution in [1.29, 1.82) is 0 Å². The summed E-state index contributed by atoms with van der Waals surface area (Å²) in [5.74, 6) is 2.77. The molecule has 0 saturated carbocycles. The Kier molecular flexibility index (Phi) is 7.13. The highest BCUT2D eigenvalue weighted by Crippen LogP contribution is 2.15. The molecule has 3 heterocycles. The van der Waals surface area contributed by atoms with Gasteiger partial charge in [-0.25, -0.2) is 4.98 Å². The van der Waals surface area contributed by atoms with Crippen LogP contribution in [-0.2, 0) is 24.2 Å². The molecule has 2 aliphatic rings. The van der Waals surface area contributed by atoms with Crippen molar-refractivity contribution in [1.82, 2.24) is 19.8 Å². The minimum Gasteiger partial charge on any atom is -0.381 e. The summed E-state index contributed by atoms with van der Waals surface area (Å²) < 4.78 is 7.74. The van der Waals surface area contributed by atoms with E-state index in [0.29, 0.717) is 5.92 Å². The van der Waals surface area contributed by atoms with Crippen molar-refractivity contribution in [2.45, 2.75) is 38.8 Å². The maximum Gasteiger partial charge on any atom is 0.193 e. The maximum absolute atomic E-state index is 5.45. The molecule has 6 nitrogen and oxygen atoms in total. The predicted octanol–water partition coefficient (Wildman–Crippen LogP) is 1.88. The average molecular weight is 433 g/mol. The number of aromatic nitrogens is 2. The van der Waals surface area contributed by atoms with E-state index in [1.807, 2.05) is 7.05 Å². The molecule has 1 N–H and O–H groups in total. The first kappa shape index (κ1) is 18.5. The van der Waals surface area contributed by atoms with Gasteiger partial charge in [0.25, 0.3) is 0 Å². The van der Waals surface area contributed by atoms with Gasteiger partial charge < -0.3 is 19.5 Å². The van der Waals surface area contributed by atoms with Crippen LogP contribution in [0.5, 0.6) is 0 Å². The molecule has 1 atom stereocenters. The van der Waals surface area contributed by atoms with E-state index in [1.54, 1.807) is 0 Å². The van der Waals surface area contributed by atoms with E-state index in [2.05, 4.69) is 33.0 Å². The Bertz CT molecular complexity index is 501. The van der Waals surface area contributed by atoms with Crippen molar-refractivity contribution in [3.8, 4) is 0 Å². The van der Waals surface area contributed by atoms with Crippen molar-refractivity contribution in [3.05, 3.63) is 17.7 Å². The average Bonchev–Trinajstić information content (AvgIpc) is 3.16. The molecule has 1 aromatic rings. The van der Waals surface area contributed by atoms with E-state index in [0.717, 1.165) is 57.3 Å². The number of aliphatic imine (C=N–C) groups is 1. The van der Waals surface area contributed by atoms with Crippen LogP contribution < -0.4 is 5.32 Å². The zero-order chi connectivity index (χ0) is 15.4. The van der Waals surface area contributed by atoms with Crippen LogP contribution in [0, 0.1) is 5.92 Å². The van der Waals surface area contributed by atoms with Crippen LogP contribution in [0.4, 0.5) is 0 Å². The second-order valence-electron chi connectivity index (χ2n) is 6.31. The summed E-state index contributed by atoms with van der Waals surface area (Å²) in [6.45, 7) is 4.59. The molecule has 3 rings (SSSR count). The molecule has 1 unspecified atom stereocenters. The van der Waals surface area contributed by atoms with Crippen LogP contribution in [0.25, 0.3) is 0 Å². The summed E-state index contributed by atoms with van der Waals surface area (Å²) in [4.78, 5) is 11.3. The summed E-state index contributed by atoms with van der Waals surface area (Å²) in [5, 5.41) is 3.43. The molecule has 23 heavy (non-hydrogen) atoms. The summed E-state index contributed by atoms with van der Waals surface area (Å²) in [5.41, 5.74) is 1.11. The molecule has 2 aliphatic heterocycles. The third-order valence-electron chi connectivity index (χ3n) is 4.52. The zero-order valence-corrected chi connectivity index (χ0v) is 16.5. The molecule has 0 radical (unpaired) electrons. The van der Waals surface area contributed by atoms with Crippen molar-refractivity contribution >= 4 is 29.9 Å². The fourth-order valence-electron chi connectivity index (χ4n) is 3.31. The number of guanidine groups is 1. The number of fused-ring (bicyclic) bond motifs is 1. The van der Waals surface area contributed by atoms with E-state index >= 15 is 0 Å². The molecule has 1 saturated heterocycles. The molecule has 1 aromatic heterocycles. The lowest BCUT2D eigenvalue weighted by atomic mass is 10.1. The number of hydrogen-bond acceptors (Lipinski definition) is 3. The molecule has 7 heteroatoms. The lowest BCUT2D eigenvalue weighted by Crippen LogP contribution is -2.41. The van der Waals surface area contributed by atoms with E-state index in [9.17, 15) is 0 Å². The normalized spacial score (nSPS) is 20.8. The van der Waals surface area contributed by atoms with Gasteiger partial charge in [0.15, 0.2) is 5.96 Å². The standard InChI is InChI=1S/C16H27N5O.HI/c1-17-16(20(2)10-13-6-8-22-12-13)18-9-14-11-21-7-4-3-5-15(21)19-14;/h11,13H,3-10,12H2,1-2H3,(H,17,18);1H. The van der Waals surface area contributed by atoms with Gasteiger partial charge in [0.2, 0.25) is 0 Å². The van der Waals surface area contributed by atoms with Gasteiger partial charge >= 0.3 is 0 Å². The maximum atomic E-state index is 5.45. The predicted molar refractivity (Wildman–Crippen MR) is 102 cm³/mol. The molecule has 0 spiro atoms. The summed E-state index contributed by atoms with van der Waals surface area (Å²) in [6.07, 6.45) is 6.97. The van der Waals surface area contributed by atoms with Crippen LogP contribution in [-0.4, -0.2) is 54.3 Å². The monoisotopic (exact) mass is 433 g/mol. The number of halogens is 1. The number of nitrogens with one attached hydrogen (secondary N) is 1. The first-order valence-corrected chi connectivity index (χ1v) is 8.30. The Morgan fingerprint density at radius 3 is 3.09 bits per heavy atom. The lowest BCUT2D eigenvalue weighted by molar-refractivity contribution is 0.181. The fourth-order valence-corrected chi connectivity index (χ4v) is 3.31. The van der Waals surface area contributed by atoms with Gasteiger partial charge in [0.1, 0.15) is 5.82 Å². The Morgan fingerprint density at radius 2 is 2.39 bits per heavy atom. The quantitative estimate of drug-likeness (QED) is 0.448. The third-order valence-corrected chi connectivity index (χ3v) is 4.52. The van der Waals surface area contributed by atoms with E-state index in [4.69, 9.17) is 9.72 Å². The molecule has 0 amide bonds. The highest BCUT2D eigenvalue weighted by Gasteiger charge is 2.19. The van der Waals surface area contributed by atoms with Gasteiger partial charge in [-0.05, 0) is 19.3 Å². The summed E-state index contributed by atoms with van der Waals surface area (Å²) in [6, 6.07) is 0. The van der Waals surface area contributed by atoms with Gasteiger partial charge in [0, 0.05) is 52.3 Å². The van der Waals surface area contributed by atoms with Crippen LogP contribution in [0.1, 0.15) is 30.8 Å². The van der Waals surface area contributed by atoms with E-state index in [1.165, 1.54) is 18.7 Å². The van der Waals surface area contributed by atoms with Crippen molar-refractivity contribution < 1.29 is 4.74 Å². The number of imidazole rings is 1. The Balaban J connectivity index is 0.00000192. The minimum atomic E-state index is 0. The summed E-state index contributed by atoms with van der Waals surface area (Å²) >= 11 is 0. The largest absolute Gasteiger partial charge is 0.381 e. The number of aryl methyl sites for hydroxylation is 2. The zero-order valence-electron chi connectivity index (χ0n) is 14.1. The highest BCUT2D eigenvalue weighted by molar-refractivity contribution is 14.0. The fraction of sp³-hybridized carbons (Fsp3) is 0.750. The van der Waals surface area contributed by atoms with Crippen molar-refractivity contribution in [2.75, 3.05) is 33.9 Å². The van der Waals surface area contributed by atoms with Crippen LogP contribution in [0.3, 0.4) is 0 Å². The first-order valence-electron chi connectivity index (χ1n) is 8.30. The number of rotatable bonds is 4. The topological polar surface area (TPSA) is 54.7 Å². The second kappa shape index (κ2) is 8.86. The number of hydrogen-bond donors (Lipinski definition) is 1. The van der Waals surface area contributed by atoms with Crippen LogP contribution in [0.2, 0.25) is 0 Å².